The lowest BCUT2D eigenvalue weighted by Crippen LogP contribution is -2.35. The van der Waals surface area contributed by atoms with E-state index in [4.69, 9.17) is 4.74 Å². The number of aryl methyl sites for hydroxylation is 1. The molecule has 0 aliphatic carbocycles. The standard InChI is InChI=1S/C15H25NO/c1-5-10-16-11-15(12(2)3)17-14-9-7-6-8-13(14)4/h6-9,12,15-16H,5,10-11H2,1-4H3. The van der Waals surface area contributed by atoms with Crippen LogP contribution >= 0.6 is 0 Å². The molecule has 2 nitrogen and oxygen atoms in total. The zero-order chi connectivity index (χ0) is 12.7. The van der Waals surface area contributed by atoms with Gasteiger partial charge in [0.15, 0.2) is 0 Å². The number of nitrogens with one attached hydrogen (secondary N) is 1. The van der Waals surface area contributed by atoms with Gasteiger partial charge in [-0.25, -0.2) is 0 Å². The first-order valence-corrected chi connectivity index (χ1v) is 6.58. The van der Waals surface area contributed by atoms with Crippen LogP contribution in [0.2, 0.25) is 0 Å². The molecule has 0 aliphatic heterocycles. The van der Waals surface area contributed by atoms with Gasteiger partial charge in [-0.2, -0.15) is 0 Å². The van der Waals surface area contributed by atoms with Gasteiger partial charge in [-0.1, -0.05) is 39.0 Å². The third-order valence-corrected chi connectivity index (χ3v) is 2.89. The molecule has 17 heavy (non-hydrogen) atoms. The van der Waals surface area contributed by atoms with Crippen LogP contribution in [0.25, 0.3) is 0 Å². The van der Waals surface area contributed by atoms with Crippen molar-refractivity contribution < 1.29 is 4.74 Å². The van der Waals surface area contributed by atoms with E-state index in [0.29, 0.717) is 5.92 Å². The second-order valence-electron chi connectivity index (χ2n) is 4.87. The Labute approximate surface area is 105 Å². The van der Waals surface area contributed by atoms with Gasteiger partial charge in [0.05, 0.1) is 0 Å². The molecule has 2 heteroatoms. The fourth-order valence-electron chi connectivity index (χ4n) is 1.69. The highest BCUT2D eigenvalue weighted by Gasteiger charge is 2.15. The molecule has 1 aromatic carbocycles. The summed E-state index contributed by atoms with van der Waals surface area (Å²) in [5.74, 6) is 1.52. The molecule has 1 rings (SSSR count). The van der Waals surface area contributed by atoms with Crippen molar-refractivity contribution in [3.63, 3.8) is 0 Å². The Hall–Kier alpha value is -1.02. The highest BCUT2D eigenvalue weighted by molar-refractivity contribution is 5.31. The van der Waals surface area contributed by atoms with Crippen molar-refractivity contribution in [1.82, 2.24) is 5.32 Å². The quantitative estimate of drug-likeness (QED) is 0.731. The zero-order valence-electron chi connectivity index (χ0n) is 11.5. The Morgan fingerprint density at radius 1 is 1.24 bits per heavy atom. The largest absolute Gasteiger partial charge is 0.489 e. The number of para-hydroxylation sites is 1. The zero-order valence-corrected chi connectivity index (χ0v) is 11.5. The first kappa shape index (κ1) is 14.0. The molecule has 1 unspecified atom stereocenters. The van der Waals surface area contributed by atoms with Crippen molar-refractivity contribution in [2.24, 2.45) is 5.92 Å². The van der Waals surface area contributed by atoms with Crippen LogP contribution in [-0.2, 0) is 0 Å². The van der Waals surface area contributed by atoms with E-state index in [0.717, 1.165) is 25.3 Å². The second-order valence-corrected chi connectivity index (χ2v) is 4.87. The van der Waals surface area contributed by atoms with Crippen molar-refractivity contribution in [3.05, 3.63) is 29.8 Å². The van der Waals surface area contributed by atoms with E-state index >= 15 is 0 Å². The van der Waals surface area contributed by atoms with E-state index in [2.05, 4.69) is 39.1 Å². The Morgan fingerprint density at radius 3 is 2.53 bits per heavy atom. The van der Waals surface area contributed by atoms with Crippen LogP contribution < -0.4 is 10.1 Å². The summed E-state index contributed by atoms with van der Waals surface area (Å²) in [6.45, 7) is 10.7. The summed E-state index contributed by atoms with van der Waals surface area (Å²) in [6, 6.07) is 8.21. The monoisotopic (exact) mass is 235 g/mol. The maximum atomic E-state index is 6.09. The molecule has 0 aromatic heterocycles. The van der Waals surface area contributed by atoms with Crippen LogP contribution in [0.5, 0.6) is 5.75 Å². The first-order valence-electron chi connectivity index (χ1n) is 6.58. The van der Waals surface area contributed by atoms with Gasteiger partial charge in [0, 0.05) is 6.54 Å². The van der Waals surface area contributed by atoms with Gasteiger partial charge in [0.2, 0.25) is 0 Å². The Bertz CT molecular complexity index is 322. The fourth-order valence-corrected chi connectivity index (χ4v) is 1.69. The number of benzene rings is 1. The minimum Gasteiger partial charge on any atom is -0.489 e. The number of rotatable bonds is 7. The van der Waals surface area contributed by atoms with Crippen molar-refractivity contribution >= 4 is 0 Å². The molecule has 0 bridgehead atoms. The molecule has 0 aliphatic rings. The van der Waals surface area contributed by atoms with Crippen LogP contribution in [-0.4, -0.2) is 19.2 Å². The lowest BCUT2D eigenvalue weighted by Gasteiger charge is -2.24. The van der Waals surface area contributed by atoms with Gasteiger partial charge in [0.1, 0.15) is 11.9 Å². The predicted molar refractivity (Wildman–Crippen MR) is 73.6 cm³/mol. The topological polar surface area (TPSA) is 21.3 Å². The second kappa shape index (κ2) is 7.33. The van der Waals surface area contributed by atoms with Crippen molar-refractivity contribution in [2.45, 2.75) is 40.2 Å². The molecule has 0 amide bonds. The van der Waals surface area contributed by atoms with Crippen LogP contribution in [0.1, 0.15) is 32.8 Å². The maximum absolute atomic E-state index is 6.09. The summed E-state index contributed by atoms with van der Waals surface area (Å²) in [7, 11) is 0. The van der Waals surface area contributed by atoms with Crippen LogP contribution in [0.15, 0.2) is 24.3 Å². The van der Waals surface area contributed by atoms with Crippen molar-refractivity contribution in [3.8, 4) is 5.75 Å². The summed E-state index contributed by atoms with van der Waals surface area (Å²) in [6.07, 6.45) is 1.40. The molecule has 1 atom stereocenters. The van der Waals surface area contributed by atoms with Gasteiger partial charge in [-0.05, 0) is 37.4 Å². The van der Waals surface area contributed by atoms with E-state index in [1.165, 1.54) is 5.56 Å². The molecule has 0 saturated heterocycles. The van der Waals surface area contributed by atoms with E-state index in [1.54, 1.807) is 0 Å². The lowest BCUT2D eigenvalue weighted by molar-refractivity contribution is 0.148. The van der Waals surface area contributed by atoms with E-state index in [-0.39, 0.29) is 6.10 Å². The van der Waals surface area contributed by atoms with Gasteiger partial charge in [-0.3, -0.25) is 0 Å². The van der Waals surface area contributed by atoms with Gasteiger partial charge in [-0.15, -0.1) is 0 Å². The number of hydrogen-bond donors (Lipinski definition) is 1. The van der Waals surface area contributed by atoms with Crippen molar-refractivity contribution in [2.75, 3.05) is 13.1 Å². The SMILES string of the molecule is CCCNCC(Oc1ccccc1C)C(C)C. The Balaban J connectivity index is 2.57. The van der Waals surface area contributed by atoms with E-state index in [9.17, 15) is 0 Å². The lowest BCUT2D eigenvalue weighted by atomic mass is 10.1. The third-order valence-electron chi connectivity index (χ3n) is 2.89. The summed E-state index contributed by atoms with van der Waals surface area (Å²) in [5.41, 5.74) is 1.20. The average Bonchev–Trinajstić information content (AvgIpc) is 2.30. The third kappa shape index (κ3) is 4.78. The molecule has 0 heterocycles. The molecule has 0 radical (unpaired) electrons. The molecule has 1 N–H and O–H groups in total. The Morgan fingerprint density at radius 2 is 1.94 bits per heavy atom. The predicted octanol–water partition coefficient (Wildman–Crippen LogP) is 3.40. The normalized spacial score (nSPS) is 12.8. The van der Waals surface area contributed by atoms with Gasteiger partial charge >= 0.3 is 0 Å². The minimum atomic E-state index is 0.239. The van der Waals surface area contributed by atoms with Crippen LogP contribution in [0.3, 0.4) is 0 Å². The average molecular weight is 235 g/mol. The molecule has 0 saturated carbocycles. The van der Waals surface area contributed by atoms with Crippen LogP contribution in [0, 0.1) is 12.8 Å². The molecular formula is C15H25NO. The molecule has 0 spiro atoms. The molecular weight excluding hydrogens is 210 g/mol. The number of ether oxygens (including phenoxy) is 1. The molecule has 0 fully saturated rings. The summed E-state index contributed by atoms with van der Waals surface area (Å²) in [5, 5.41) is 3.43. The summed E-state index contributed by atoms with van der Waals surface area (Å²) < 4.78 is 6.09. The summed E-state index contributed by atoms with van der Waals surface area (Å²) in [4.78, 5) is 0. The number of hydrogen-bond acceptors (Lipinski definition) is 2. The van der Waals surface area contributed by atoms with Crippen LogP contribution in [0.4, 0.5) is 0 Å². The van der Waals surface area contributed by atoms with Gasteiger partial charge in [0.25, 0.3) is 0 Å². The Kier molecular flexibility index (Phi) is 6.06. The van der Waals surface area contributed by atoms with Crippen molar-refractivity contribution in [1.29, 1.82) is 0 Å². The van der Waals surface area contributed by atoms with E-state index in [1.807, 2.05) is 18.2 Å². The van der Waals surface area contributed by atoms with Gasteiger partial charge < -0.3 is 10.1 Å². The highest BCUT2D eigenvalue weighted by atomic mass is 16.5. The molecule has 1 aromatic rings. The fraction of sp³-hybridized carbons (Fsp3) is 0.600. The minimum absolute atomic E-state index is 0.239. The highest BCUT2D eigenvalue weighted by Crippen LogP contribution is 2.20. The summed E-state index contributed by atoms with van der Waals surface area (Å²) >= 11 is 0. The smallest absolute Gasteiger partial charge is 0.122 e. The molecule has 96 valence electrons. The van der Waals surface area contributed by atoms with E-state index < -0.39 is 0 Å². The first-order chi connectivity index (χ1) is 8.15. The maximum Gasteiger partial charge on any atom is 0.122 e.